The summed E-state index contributed by atoms with van der Waals surface area (Å²) in [7, 11) is 2.24. The summed E-state index contributed by atoms with van der Waals surface area (Å²) in [5.74, 6) is 3.07. The Balaban J connectivity index is 1.58. The maximum Gasteiger partial charge on any atom is 0.226 e. The van der Waals surface area contributed by atoms with Crippen LogP contribution in [0.15, 0.2) is 0 Å². The third-order valence-electron chi connectivity index (χ3n) is 9.93. The molecule has 0 spiro atoms. The molecule has 158 valence electrons. The number of thiocarbonyl (C=S) groups is 1. The van der Waals surface area contributed by atoms with Gasteiger partial charge >= 0.3 is 0 Å². The van der Waals surface area contributed by atoms with Crippen LogP contribution in [0, 0.1) is 34.5 Å². The predicted octanol–water partition coefficient (Wildman–Crippen LogP) is 5.14. The molecule has 1 aliphatic heterocycles. The molecule has 6 unspecified atom stereocenters. The van der Waals surface area contributed by atoms with E-state index in [-0.39, 0.29) is 11.3 Å². The van der Waals surface area contributed by atoms with Crippen molar-refractivity contribution in [1.29, 1.82) is 0 Å². The highest BCUT2D eigenvalue weighted by molar-refractivity contribution is 7.80. The number of rotatable bonds is 3. The van der Waals surface area contributed by atoms with E-state index in [2.05, 4.69) is 44.5 Å². The van der Waals surface area contributed by atoms with Crippen molar-refractivity contribution in [3.05, 3.63) is 0 Å². The summed E-state index contributed by atoms with van der Waals surface area (Å²) >= 11 is 5.66. The second-order valence-corrected chi connectivity index (χ2v) is 11.1. The Hall–Kier alpha value is -0.640. The highest BCUT2D eigenvalue weighted by atomic mass is 32.1. The molecule has 7 atom stereocenters. The van der Waals surface area contributed by atoms with Crippen LogP contribution in [0.3, 0.4) is 0 Å². The predicted molar refractivity (Wildman–Crippen MR) is 119 cm³/mol. The lowest BCUT2D eigenvalue weighted by Crippen LogP contribution is -2.61. The number of hydrogen-bond donors (Lipinski definition) is 0. The zero-order chi connectivity index (χ0) is 20.3. The van der Waals surface area contributed by atoms with Crippen molar-refractivity contribution in [2.45, 2.75) is 85.1 Å². The molecule has 0 radical (unpaired) electrons. The van der Waals surface area contributed by atoms with Crippen LogP contribution in [-0.4, -0.2) is 46.9 Å². The fourth-order valence-corrected chi connectivity index (χ4v) is 8.54. The van der Waals surface area contributed by atoms with Crippen LogP contribution < -0.4 is 0 Å². The molecule has 4 fully saturated rings. The van der Waals surface area contributed by atoms with Gasteiger partial charge in [-0.05, 0) is 93.8 Å². The molecule has 28 heavy (non-hydrogen) atoms. The smallest absolute Gasteiger partial charge is 0.226 e. The van der Waals surface area contributed by atoms with Crippen molar-refractivity contribution in [2.75, 3.05) is 20.1 Å². The molecule has 0 bridgehead atoms. The van der Waals surface area contributed by atoms with Gasteiger partial charge in [0, 0.05) is 32.1 Å². The Morgan fingerprint density at radius 2 is 1.71 bits per heavy atom. The lowest BCUT2D eigenvalue weighted by atomic mass is 9.47. The molecule has 0 aromatic carbocycles. The minimum absolute atomic E-state index is 0.222. The maximum atomic E-state index is 13.3. The highest BCUT2D eigenvalue weighted by Crippen LogP contribution is 2.66. The summed E-state index contributed by atoms with van der Waals surface area (Å²) in [6, 6.07) is 0.633. The second-order valence-electron chi connectivity index (χ2n) is 10.7. The molecule has 3 nitrogen and oxygen atoms in total. The number of hydrogen-bond acceptors (Lipinski definition) is 2. The molecule has 3 saturated carbocycles. The van der Waals surface area contributed by atoms with Crippen LogP contribution in [0.25, 0.3) is 0 Å². The van der Waals surface area contributed by atoms with Crippen LogP contribution in [0.2, 0.25) is 0 Å². The zero-order valence-corrected chi connectivity index (χ0v) is 19.5. The van der Waals surface area contributed by atoms with Crippen molar-refractivity contribution in [3.63, 3.8) is 0 Å². The lowest BCUT2D eigenvalue weighted by molar-refractivity contribution is -0.145. The van der Waals surface area contributed by atoms with Gasteiger partial charge < -0.3 is 9.80 Å². The van der Waals surface area contributed by atoms with Crippen molar-refractivity contribution >= 4 is 23.1 Å². The molecule has 4 rings (SSSR count). The first-order valence-electron chi connectivity index (χ1n) is 11.8. The first-order chi connectivity index (χ1) is 13.3. The van der Waals surface area contributed by atoms with Gasteiger partial charge in [0.15, 0.2) is 0 Å². The van der Waals surface area contributed by atoms with E-state index >= 15 is 0 Å². The highest BCUT2D eigenvalue weighted by Gasteiger charge is 2.62. The second kappa shape index (κ2) is 7.25. The molecule has 0 aromatic rings. The first-order valence-corrected chi connectivity index (χ1v) is 12.2. The van der Waals surface area contributed by atoms with Gasteiger partial charge in [-0.2, -0.15) is 0 Å². The summed E-state index contributed by atoms with van der Waals surface area (Å²) in [5.41, 5.74) is 0.627. The zero-order valence-electron chi connectivity index (χ0n) is 18.7. The Bertz CT molecular complexity index is 647. The number of fused-ring (bicyclic) bond motifs is 5. The summed E-state index contributed by atoms with van der Waals surface area (Å²) in [6.07, 6.45) is 9.93. The number of piperidine rings is 1. The van der Waals surface area contributed by atoms with Crippen molar-refractivity contribution in [3.8, 4) is 0 Å². The monoisotopic (exact) mass is 404 g/mol. The molecule has 3 aliphatic carbocycles. The number of nitrogens with zero attached hydrogens (tertiary/aromatic N) is 2. The van der Waals surface area contributed by atoms with E-state index in [1.807, 2.05) is 0 Å². The van der Waals surface area contributed by atoms with Gasteiger partial charge in [0.2, 0.25) is 5.91 Å². The van der Waals surface area contributed by atoms with E-state index in [1.165, 1.54) is 43.5 Å². The molecular weight excluding hydrogens is 364 g/mol. The molecule has 0 N–H and O–H groups in total. The van der Waals surface area contributed by atoms with Gasteiger partial charge in [-0.1, -0.05) is 26.1 Å². The molecular formula is C24H40N2OS. The van der Waals surface area contributed by atoms with E-state index < -0.39 is 0 Å². The molecule has 1 heterocycles. The Morgan fingerprint density at radius 1 is 1.04 bits per heavy atom. The van der Waals surface area contributed by atoms with Gasteiger partial charge in [-0.25, -0.2) is 0 Å². The Morgan fingerprint density at radius 3 is 2.39 bits per heavy atom. The van der Waals surface area contributed by atoms with Crippen LogP contribution in [0.1, 0.15) is 79.1 Å². The summed E-state index contributed by atoms with van der Waals surface area (Å²) in [6.45, 7) is 11.0. The number of carbonyl (C=O) groups excluding carboxylic acids is 1. The van der Waals surface area contributed by atoms with E-state index in [0.29, 0.717) is 17.4 Å². The minimum Gasteiger partial charge on any atom is -0.366 e. The van der Waals surface area contributed by atoms with Gasteiger partial charge in [-0.15, -0.1) is 0 Å². The number of likely N-dealkylation sites (tertiary alicyclic amines) is 1. The van der Waals surface area contributed by atoms with E-state index in [0.717, 1.165) is 43.7 Å². The first kappa shape index (κ1) is 20.6. The third kappa shape index (κ3) is 2.80. The molecule has 1 amide bonds. The number of carbonyl (C=O) groups is 1. The van der Waals surface area contributed by atoms with Gasteiger partial charge in [0.25, 0.3) is 0 Å². The number of amides is 1. The van der Waals surface area contributed by atoms with E-state index in [9.17, 15) is 4.79 Å². The van der Waals surface area contributed by atoms with E-state index in [4.69, 9.17) is 12.2 Å². The van der Waals surface area contributed by atoms with Gasteiger partial charge in [-0.3, -0.25) is 4.79 Å². The van der Waals surface area contributed by atoms with Crippen LogP contribution in [-0.2, 0) is 4.79 Å². The minimum atomic E-state index is 0.222. The third-order valence-corrected chi connectivity index (χ3v) is 10.4. The molecule has 0 aromatic heterocycles. The Labute approximate surface area is 177 Å². The van der Waals surface area contributed by atoms with Crippen LogP contribution >= 0.6 is 12.2 Å². The Kier molecular flexibility index (Phi) is 5.34. The van der Waals surface area contributed by atoms with Gasteiger partial charge in [0.05, 0.1) is 4.99 Å². The lowest BCUT2D eigenvalue weighted by Gasteiger charge is -2.62. The fourth-order valence-electron chi connectivity index (χ4n) is 8.31. The molecule has 4 aliphatic rings. The van der Waals surface area contributed by atoms with E-state index in [1.54, 1.807) is 0 Å². The maximum absolute atomic E-state index is 13.3. The summed E-state index contributed by atoms with van der Waals surface area (Å²) in [4.78, 5) is 19.0. The van der Waals surface area contributed by atoms with Gasteiger partial charge in [0.1, 0.15) is 0 Å². The fraction of sp³-hybridized carbons (Fsp3) is 0.917. The molecule has 4 heteroatoms. The van der Waals surface area contributed by atoms with Crippen molar-refractivity contribution < 1.29 is 4.79 Å². The average molecular weight is 405 g/mol. The summed E-state index contributed by atoms with van der Waals surface area (Å²) < 4.78 is 0. The quantitative estimate of drug-likeness (QED) is 0.609. The summed E-state index contributed by atoms with van der Waals surface area (Å²) in [5, 5.41) is 0. The molecule has 1 saturated heterocycles. The largest absolute Gasteiger partial charge is 0.366 e. The standard InChI is InChI=1S/C24H40N2OS/c1-6-26(7-2)22(27)19-10-9-17-16-8-11-20-24(4,15-13-21(28)25(20)5)18(16)12-14-23(17,19)3/h16-20H,6-15H2,1-5H3/t16?,17?,18?,19-,20?,23?,24?/m1/s1. The average Bonchev–Trinajstić information content (AvgIpc) is 3.03. The topological polar surface area (TPSA) is 23.6 Å². The van der Waals surface area contributed by atoms with Crippen molar-refractivity contribution in [2.24, 2.45) is 34.5 Å². The van der Waals surface area contributed by atoms with Crippen LogP contribution in [0.4, 0.5) is 0 Å². The van der Waals surface area contributed by atoms with Crippen molar-refractivity contribution in [1.82, 2.24) is 9.80 Å². The SMILES string of the molecule is CCN(CC)C(=O)[C@H]1CCC2C3CCC4N(C)C(=S)CCC4(C)C3CCC21C. The normalized spacial score (nSPS) is 45.2. The van der Waals surface area contributed by atoms with Crippen LogP contribution in [0.5, 0.6) is 0 Å².